The van der Waals surface area contributed by atoms with Crippen LogP contribution in [-0.4, -0.2) is 15.9 Å². The van der Waals surface area contributed by atoms with Crippen LogP contribution < -0.4 is 5.32 Å². The third-order valence-electron chi connectivity index (χ3n) is 6.88. The van der Waals surface area contributed by atoms with Crippen molar-refractivity contribution in [3.8, 4) is 22.5 Å². The van der Waals surface area contributed by atoms with E-state index in [-0.39, 0.29) is 17.7 Å². The monoisotopic (exact) mass is 501 g/mol. The van der Waals surface area contributed by atoms with Gasteiger partial charge < -0.3 is 10.3 Å². The first kappa shape index (κ1) is 26.3. The molecule has 192 valence electrons. The van der Waals surface area contributed by atoms with Crippen LogP contribution in [0.15, 0.2) is 60.7 Å². The van der Waals surface area contributed by atoms with Crippen LogP contribution in [0.5, 0.6) is 0 Å². The number of H-pyrrole nitrogens is 1. The van der Waals surface area contributed by atoms with E-state index < -0.39 is 11.8 Å². The number of aryl methyl sites for hydroxylation is 2. The number of aromatic nitrogens is 2. The SMILES string of the molecule is CCC(F)(F)c1cccc(NC(=O)c2nc(-c3ccc(C(C)C)c(-c4ccccc4C)c3C)[nH]c2C)c1. The number of nitrogens with zero attached hydrogens (tertiary/aromatic N) is 1. The molecule has 0 spiro atoms. The van der Waals surface area contributed by atoms with Gasteiger partial charge in [0.1, 0.15) is 11.5 Å². The summed E-state index contributed by atoms with van der Waals surface area (Å²) in [4.78, 5) is 21.0. The third-order valence-corrected chi connectivity index (χ3v) is 6.88. The summed E-state index contributed by atoms with van der Waals surface area (Å²) in [7, 11) is 0. The molecule has 0 atom stereocenters. The molecule has 0 saturated carbocycles. The molecule has 0 aliphatic carbocycles. The maximum Gasteiger partial charge on any atom is 0.276 e. The van der Waals surface area contributed by atoms with Crippen LogP contribution in [0, 0.1) is 20.8 Å². The van der Waals surface area contributed by atoms with Gasteiger partial charge in [0.25, 0.3) is 11.8 Å². The van der Waals surface area contributed by atoms with E-state index in [2.05, 4.69) is 61.2 Å². The van der Waals surface area contributed by atoms with Crippen molar-refractivity contribution in [2.75, 3.05) is 5.32 Å². The Labute approximate surface area is 217 Å². The molecule has 1 amide bonds. The summed E-state index contributed by atoms with van der Waals surface area (Å²) in [5.41, 5.74) is 7.80. The van der Waals surface area contributed by atoms with Crippen LogP contribution in [0.25, 0.3) is 22.5 Å². The van der Waals surface area contributed by atoms with E-state index in [0.29, 0.717) is 23.1 Å². The van der Waals surface area contributed by atoms with Crippen LogP contribution in [0.2, 0.25) is 0 Å². The molecule has 4 rings (SSSR count). The molecule has 0 unspecified atom stereocenters. The van der Waals surface area contributed by atoms with Crippen LogP contribution in [-0.2, 0) is 5.92 Å². The Morgan fingerprint density at radius 1 is 1.00 bits per heavy atom. The molecule has 1 aromatic heterocycles. The lowest BCUT2D eigenvalue weighted by molar-refractivity contribution is -0.00824. The van der Waals surface area contributed by atoms with Crippen LogP contribution in [0.1, 0.15) is 71.5 Å². The van der Waals surface area contributed by atoms with Crippen molar-refractivity contribution < 1.29 is 13.6 Å². The van der Waals surface area contributed by atoms with Crippen molar-refractivity contribution >= 4 is 11.6 Å². The topological polar surface area (TPSA) is 57.8 Å². The lowest BCUT2D eigenvalue weighted by Crippen LogP contribution is -2.16. The van der Waals surface area contributed by atoms with Gasteiger partial charge >= 0.3 is 0 Å². The standard InChI is InChI=1S/C31H33F2N3O/c1-7-31(32,33)22-12-10-13-23(17-22)35-30(37)28-21(6)34-29(36-28)26-16-15-24(18(2)3)27(20(26)5)25-14-9-8-11-19(25)4/h8-18H,7H2,1-6H3,(H,34,36)(H,35,37). The number of benzene rings is 3. The van der Waals surface area contributed by atoms with Gasteiger partial charge in [-0.05, 0) is 66.6 Å². The molecule has 0 radical (unpaired) electrons. The Morgan fingerprint density at radius 3 is 2.41 bits per heavy atom. The number of nitrogens with one attached hydrogen (secondary N) is 2. The largest absolute Gasteiger partial charge is 0.341 e. The first-order valence-electron chi connectivity index (χ1n) is 12.6. The van der Waals surface area contributed by atoms with E-state index in [0.717, 1.165) is 11.1 Å². The average molecular weight is 502 g/mol. The number of carbonyl (C=O) groups excluding carboxylic acids is 1. The number of alkyl halides is 2. The van der Waals surface area contributed by atoms with Gasteiger partial charge in [-0.1, -0.05) is 69.3 Å². The number of aromatic amines is 1. The number of hydrogen-bond acceptors (Lipinski definition) is 2. The summed E-state index contributed by atoms with van der Waals surface area (Å²) in [5.74, 6) is -2.48. The van der Waals surface area contributed by atoms with Crippen molar-refractivity contribution in [2.45, 2.75) is 59.8 Å². The molecule has 37 heavy (non-hydrogen) atoms. The number of halogens is 2. The number of hydrogen-bond donors (Lipinski definition) is 2. The molecule has 0 aliphatic rings. The molecular formula is C31H33F2N3O. The fraction of sp³-hybridized carbons (Fsp3) is 0.290. The van der Waals surface area contributed by atoms with E-state index in [1.54, 1.807) is 13.0 Å². The average Bonchev–Trinajstić information content (AvgIpc) is 3.25. The second-order valence-corrected chi connectivity index (χ2v) is 9.82. The molecule has 4 nitrogen and oxygen atoms in total. The van der Waals surface area contributed by atoms with E-state index in [9.17, 15) is 13.6 Å². The third kappa shape index (κ3) is 5.19. The minimum absolute atomic E-state index is 0.128. The van der Waals surface area contributed by atoms with Crippen molar-refractivity contribution in [1.82, 2.24) is 9.97 Å². The van der Waals surface area contributed by atoms with Gasteiger partial charge in [-0.2, -0.15) is 0 Å². The van der Waals surface area contributed by atoms with Gasteiger partial charge in [0.15, 0.2) is 0 Å². The minimum Gasteiger partial charge on any atom is -0.341 e. The normalized spacial score (nSPS) is 11.7. The summed E-state index contributed by atoms with van der Waals surface area (Å²) >= 11 is 0. The molecule has 3 aromatic carbocycles. The first-order chi connectivity index (χ1) is 17.5. The van der Waals surface area contributed by atoms with Gasteiger partial charge in [-0.15, -0.1) is 0 Å². The van der Waals surface area contributed by atoms with E-state index in [1.807, 2.05) is 18.2 Å². The zero-order valence-corrected chi connectivity index (χ0v) is 22.2. The summed E-state index contributed by atoms with van der Waals surface area (Å²) in [5, 5.41) is 2.73. The lowest BCUT2D eigenvalue weighted by atomic mass is 9.85. The van der Waals surface area contributed by atoms with Crippen LogP contribution in [0.3, 0.4) is 0 Å². The van der Waals surface area contributed by atoms with Gasteiger partial charge in [-0.3, -0.25) is 4.79 Å². The predicted molar refractivity (Wildman–Crippen MR) is 146 cm³/mol. The summed E-state index contributed by atoms with van der Waals surface area (Å²) in [6, 6.07) is 18.3. The second kappa shape index (κ2) is 10.3. The van der Waals surface area contributed by atoms with Crippen molar-refractivity contribution in [3.05, 3.63) is 94.3 Å². The number of rotatable bonds is 7. The Morgan fingerprint density at radius 2 is 1.73 bits per heavy atom. The molecule has 0 fully saturated rings. The van der Waals surface area contributed by atoms with Gasteiger partial charge in [-0.25, -0.2) is 13.8 Å². The number of carbonyl (C=O) groups is 1. The zero-order chi connectivity index (χ0) is 26.9. The maximum absolute atomic E-state index is 14.1. The Bertz CT molecular complexity index is 1450. The highest BCUT2D eigenvalue weighted by Crippen LogP contribution is 2.38. The summed E-state index contributed by atoms with van der Waals surface area (Å²) < 4.78 is 28.3. The fourth-order valence-corrected chi connectivity index (χ4v) is 4.71. The molecule has 0 aliphatic heterocycles. The molecule has 4 aromatic rings. The van der Waals surface area contributed by atoms with Gasteiger partial charge in [0.05, 0.1) is 0 Å². The summed E-state index contributed by atoms with van der Waals surface area (Å²) in [6.45, 7) is 11.8. The zero-order valence-electron chi connectivity index (χ0n) is 22.2. The Kier molecular flexibility index (Phi) is 7.30. The Hall–Kier alpha value is -3.80. The number of amides is 1. The highest BCUT2D eigenvalue weighted by Gasteiger charge is 2.29. The minimum atomic E-state index is -2.95. The second-order valence-electron chi connectivity index (χ2n) is 9.82. The fourth-order valence-electron chi connectivity index (χ4n) is 4.71. The lowest BCUT2D eigenvalue weighted by Gasteiger charge is -2.20. The maximum atomic E-state index is 14.1. The van der Waals surface area contributed by atoms with Crippen molar-refractivity contribution in [2.24, 2.45) is 0 Å². The molecule has 0 saturated heterocycles. The molecular weight excluding hydrogens is 468 g/mol. The van der Waals surface area contributed by atoms with Crippen molar-refractivity contribution in [1.29, 1.82) is 0 Å². The molecule has 0 bridgehead atoms. The smallest absolute Gasteiger partial charge is 0.276 e. The van der Waals surface area contributed by atoms with E-state index >= 15 is 0 Å². The predicted octanol–water partition coefficient (Wildman–Crippen LogP) is 8.55. The molecule has 2 N–H and O–H groups in total. The summed E-state index contributed by atoms with van der Waals surface area (Å²) in [6.07, 6.45) is -0.314. The first-order valence-corrected chi connectivity index (χ1v) is 12.6. The van der Waals surface area contributed by atoms with E-state index in [4.69, 9.17) is 0 Å². The number of anilines is 1. The van der Waals surface area contributed by atoms with Crippen molar-refractivity contribution in [3.63, 3.8) is 0 Å². The quantitative estimate of drug-likeness (QED) is 0.266. The highest BCUT2D eigenvalue weighted by molar-refractivity contribution is 6.04. The molecule has 6 heteroatoms. The van der Waals surface area contributed by atoms with Gasteiger partial charge in [0, 0.05) is 28.9 Å². The van der Waals surface area contributed by atoms with Crippen LogP contribution in [0.4, 0.5) is 14.5 Å². The Balaban J connectivity index is 1.71. The van der Waals surface area contributed by atoms with Gasteiger partial charge in [0.2, 0.25) is 0 Å². The van der Waals surface area contributed by atoms with Crippen LogP contribution >= 0.6 is 0 Å². The molecule has 1 heterocycles. The van der Waals surface area contributed by atoms with E-state index in [1.165, 1.54) is 47.4 Å². The highest BCUT2D eigenvalue weighted by atomic mass is 19.3. The number of imidazole rings is 1.